The van der Waals surface area contributed by atoms with E-state index in [4.69, 9.17) is 17.3 Å². The lowest BCUT2D eigenvalue weighted by Crippen LogP contribution is -2.09. The van der Waals surface area contributed by atoms with Crippen LogP contribution in [0, 0.1) is 5.82 Å². The number of aliphatic imine (C=N–C) groups is 1. The molecule has 0 heterocycles. The Morgan fingerprint density at radius 3 is 2.62 bits per heavy atom. The van der Waals surface area contributed by atoms with Gasteiger partial charge >= 0.3 is 0 Å². The molecule has 5 heteroatoms. The van der Waals surface area contributed by atoms with Gasteiger partial charge in [0.1, 0.15) is 5.82 Å². The number of hydrogen-bond acceptors (Lipinski definition) is 2. The van der Waals surface area contributed by atoms with E-state index in [1.807, 2.05) is 18.2 Å². The van der Waals surface area contributed by atoms with E-state index in [-0.39, 0.29) is 5.82 Å². The van der Waals surface area contributed by atoms with Gasteiger partial charge in [-0.3, -0.25) is 4.99 Å². The number of rotatable bonds is 5. The second-order valence-electron chi connectivity index (χ2n) is 4.44. The highest BCUT2D eigenvalue weighted by molar-refractivity contribution is 8.13. The fourth-order valence-electron chi connectivity index (χ4n) is 1.80. The molecule has 2 nitrogen and oxygen atoms in total. The van der Waals surface area contributed by atoms with Crippen LogP contribution in [0.25, 0.3) is 0 Å². The number of halogens is 2. The van der Waals surface area contributed by atoms with Crippen LogP contribution >= 0.6 is 23.4 Å². The first-order valence-corrected chi connectivity index (χ1v) is 7.92. The van der Waals surface area contributed by atoms with Crippen molar-refractivity contribution in [1.29, 1.82) is 0 Å². The molecule has 0 spiro atoms. The summed E-state index contributed by atoms with van der Waals surface area (Å²) in [6.45, 7) is 0.619. The molecular formula is C16H16ClFN2S. The van der Waals surface area contributed by atoms with E-state index in [1.165, 1.54) is 23.4 Å². The van der Waals surface area contributed by atoms with Gasteiger partial charge in [0.2, 0.25) is 0 Å². The first-order valence-electron chi connectivity index (χ1n) is 6.56. The van der Waals surface area contributed by atoms with Crippen molar-refractivity contribution in [3.8, 4) is 0 Å². The van der Waals surface area contributed by atoms with Crippen molar-refractivity contribution in [3.05, 3.63) is 70.5 Å². The molecule has 2 N–H and O–H groups in total. The molecule has 0 atom stereocenters. The molecule has 0 fully saturated rings. The third kappa shape index (κ3) is 5.06. The molecule has 0 aliphatic rings. The molecule has 0 bridgehead atoms. The maximum absolute atomic E-state index is 13.6. The van der Waals surface area contributed by atoms with E-state index >= 15 is 0 Å². The van der Waals surface area contributed by atoms with Gasteiger partial charge in [-0.15, -0.1) is 0 Å². The fourth-order valence-corrected chi connectivity index (χ4v) is 2.88. The first-order chi connectivity index (χ1) is 10.2. The zero-order chi connectivity index (χ0) is 15.1. The molecule has 21 heavy (non-hydrogen) atoms. The summed E-state index contributed by atoms with van der Waals surface area (Å²) in [5.74, 6) is 0.0682. The summed E-state index contributed by atoms with van der Waals surface area (Å²) < 4.78 is 13.6. The van der Waals surface area contributed by atoms with Crippen molar-refractivity contribution >= 4 is 28.5 Å². The molecule has 110 valence electrons. The van der Waals surface area contributed by atoms with Crippen molar-refractivity contribution in [1.82, 2.24) is 0 Å². The highest BCUT2D eigenvalue weighted by atomic mass is 35.5. The average Bonchev–Trinajstić information content (AvgIpc) is 2.48. The zero-order valence-electron chi connectivity index (χ0n) is 11.4. The number of benzene rings is 2. The van der Waals surface area contributed by atoms with Crippen molar-refractivity contribution in [2.45, 2.75) is 12.2 Å². The van der Waals surface area contributed by atoms with E-state index < -0.39 is 0 Å². The van der Waals surface area contributed by atoms with Gasteiger partial charge in [0.15, 0.2) is 5.17 Å². The lowest BCUT2D eigenvalue weighted by atomic mass is 10.2. The first kappa shape index (κ1) is 15.9. The summed E-state index contributed by atoms with van der Waals surface area (Å²) in [6, 6.07) is 14.7. The number of thioether (sulfide) groups is 1. The van der Waals surface area contributed by atoms with E-state index in [1.54, 1.807) is 12.1 Å². The molecule has 0 radical (unpaired) electrons. The fraction of sp³-hybridized carbons (Fsp3) is 0.188. The van der Waals surface area contributed by atoms with Crippen LogP contribution in [0.5, 0.6) is 0 Å². The van der Waals surface area contributed by atoms with E-state index in [9.17, 15) is 4.39 Å². The summed E-state index contributed by atoms with van der Waals surface area (Å²) in [6.07, 6.45) is 0.836. The van der Waals surface area contributed by atoms with E-state index in [0.717, 1.165) is 6.42 Å². The van der Waals surface area contributed by atoms with Crippen LogP contribution in [0.1, 0.15) is 11.1 Å². The van der Waals surface area contributed by atoms with Gasteiger partial charge in [0.25, 0.3) is 0 Å². The molecule has 2 aromatic rings. The molecule has 0 saturated heterocycles. The van der Waals surface area contributed by atoms with Crippen LogP contribution in [-0.4, -0.2) is 11.7 Å². The number of amidine groups is 1. The normalized spacial score (nSPS) is 11.6. The molecule has 2 rings (SSSR count). The zero-order valence-corrected chi connectivity index (χ0v) is 13.0. The number of hydrogen-bond donors (Lipinski definition) is 1. The van der Waals surface area contributed by atoms with Crippen molar-refractivity contribution in [3.63, 3.8) is 0 Å². The summed E-state index contributed by atoms with van der Waals surface area (Å²) in [4.78, 5) is 4.29. The Morgan fingerprint density at radius 2 is 1.90 bits per heavy atom. The number of nitrogens with zero attached hydrogens (tertiary/aromatic N) is 1. The van der Waals surface area contributed by atoms with Gasteiger partial charge in [-0.05, 0) is 24.1 Å². The Hall–Kier alpha value is -1.52. The minimum atomic E-state index is -0.313. The molecule has 0 unspecified atom stereocenters. The second-order valence-corrected chi connectivity index (χ2v) is 5.85. The number of nitrogens with two attached hydrogens (primary N) is 1. The minimum absolute atomic E-state index is 0.313. The van der Waals surface area contributed by atoms with Gasteiger partial charge in [-0.25, -0.2) is 4.39 Å². The van der Waals surface area contributed by atoms with E-state index in [2.05, 4.69) is 17.1 Å². The van der Waals surface area contributed by atoms with Gasteiger partial charge in [-0.1, -0.05) is 59.8 Å². The summed E-state index contributed by atoms with van der Waals surface area (Å²) in [5.41, 5.74) is 7.52. The van der Waals surface area contributed by atoms with Crippen LogP contribution in [-0.2, 0) is 12.2 Å². The lowest BCUT2D eigenvalue weighted by molar-refractivity contribution is 0.617. The quantitative estimate of drug-likeness (QED) is 0.659. The SMILES string of the molecule is NC(=NCCc1ccccc1)SCc1c(F)cccc1Cl. The second kappa shape index (κ2) is 8.05. The van der Waals surface area contributed by atoms with Crippen molar-refractivity contribution in [2.24, 2.45) is 10.7 Å². The molecule has 0 saturated carbocycles. The highest BCUT2D eigenvalue weighted by Gasteiger charge is 2.07. The largest absolute Gasteiger partial charge is 0.379 e. The Kier molecular flexibility index (Phi) is 6.08. The molecule has 0 aromatic heterocycles. The maximum atomic E-state index is 13.6. The predicted molar refractivity (Wildman–Crippen MR) is 89.3 cm³/mol. The third-order valence-corrected chi connectivity index (χ3v) is 4.15. The molecule has 0 aliphatic heterocycles. The van der Waals surface area contributed by atoms with Gasteiger partial charge < -0.3 is 5.73 Å². The maximum Gasteiger partial charge on any atom is 0.154 e. The third-order valence-electron chi connectivity index (χ3n) is 2.94. The van der Waals surface area contributed by atoms with Gasteiger partial charge in [0, 0.05) is 22.9 Å². The van der Waals surface area contributed by atoms with Crippen LogP contribution in [0.3, 0.4) is 0 Å². The summed E-state index contributed by atoms with van der Waals surface area (Å²) in [5, 5.41) is 0.866. The van der Waals surface area contributed by atoms with Crippen molar-refractivity contribution in [2.75, 3.05) is 6.54 Å². The lowest BCUT2D eigenvalue weighted by Gasteiger charge is -2.05. The van der Waals surface area contributed by atoms with Crippen LogP contribution in [0.2, 0.25) is 5.02 Å². The Morgan fingerprint density at radius 1 is 1.14 bits per heavy atom. The topological polar surface area (TPSA) is 38.4 Å². The molecular weight excluding hydrogens is 307 g/mol. The molecule has 2 aromatic carbocycles. The predicted octanol–water partition coefficient (Wildman–Crippen LogP) is 4.27. The summed E-state index contributed by atoms with van der Waals surface area (Å²) in [7, 11) is 0. The van der Waals surface area contributed by atoms with Crippen LogP contribution in [0.15, 0.2) is 53.5 Å². The Bertz CT molecular complexity index is 597. The standard InChI is InChI=1S/C16H16ClFN2S/c17-14-7-4-8-15(18)13(14)11-21-16(19)20-10-9-12-5-2-1-3-6-12/h1-8H,9-11H2,(H2,19,20). The van der Waals surface area contributed by atoms with Crippen molar-refractivity contribution < 1.29 is 4.39 Å². The average molecular weight is 323 g/mol. The molecule has 0 amide bonds. The molecule has 0 aliphatic carbocycles. The van der Waals surface area contributed by atoms with Gasteiger partial charge in [-0.2, -0.15) is 0 Å². The van der Waals surface area contributed by atoms with Crippen LogP contribution in [0.4, 0.5) is 4.39 Å². The van der Waals surface area contributed by atoms with E-state index in [0.29, 0.717) is 28.1 Å². The Balaban J connectivity index is 1.84. The highest BCUT2D eigenvalue weighted by Crippen LogP contribution is 2.23. The van der Waals surface area contributed by atoms with Gasteiger partial charge in [0.05, 0.1) is 0 Å². The monoisotopic (exact) mass is 322 g/mol. The Labute approximate surface area is 133 Å². The smallest absolute Gasteiger partial charge is 0.154 e. The van der Waals surface area contributed by atoms with Crippen LogP contribution < -0.4 is 5.73 Å². The minimum Gasteiger partial charge on any atom is -0.379 e. The summed E-state index contributed by atoms with van der Waals surface area (Å²) >= 11 is 7.26.